The number of nitrogens with zero attached hydrogens (tertiary/aromatic N) is 2. The van der Waals surface area contributed by atoms with Gasteiger partial charge >= 0.3 is 0 Å². The van der Waals surface area contributed by atoms with Gasteiger partial charge in [-0.25, -0.2) is 9.13 Å². The number of hydrogen-bond acceptors (Lipinski definition) is 0. The van der Waals surface area contributed by atoms with Crippen molar-refractivity contribution in [3.8, 4) is 0 Å². The van der Waals surface area contributed by atoms with Gasteiger partial charge in [-0.2, -0.15) is 0 Å². The van der Waals surface area contributed by atoms with Crippen LogP contribution in [0.3, 0.4) is 0 Å². The molecule has 0 bridgehead atoms. The van der Waals surface area contributed by atoms with E-state index in [9.17, 15) is 0 Å². The zero-order chi connectivity index (χ0) is 15.9. The molecule has 0 unspecified atom stereocenters. The van der Waals surface area contributed by atoms with Crippen LogP contribution in [0.25, 0.3) is 6.20 Å². The van der Waals surface area contributed by atoms with Crippen molar-refractivity contribution >= 4 is 6.20 Å². The molecule has 0 aliphatic carbocycles. The van der Waals surface area contributed by atoms with E-state index in [0.29, 0.717) is 0 Å². The third kappa shape index (κ3) is 9.81. The van der Waals surface area contributed by atoms with Crippen LogP contribution in [0.15, 0.2) is 25.3 Å². The number of aryl methyl sites for hydroxylation is 1. The predicted molar refractivity (Wildman–Crippen MR) is 96.7 cm³/mol. The Morgan fingerprint density at radius 3 is 1.77 bits per heavy atom. The number of unbranched alkanes of at least 4 members (excludes halogenated alkanes) is 12. The lowest BCUT2D eigenvalue weighted by atomic mass is 10.0. The molecular formula is C20H37N2+. The van der Waals surface area contributed by atoms with E-state index in [1.807, 2.05) is 10.8 Å². The van der Waals surface area contributed by atoms with Crippen molar-refractivity contribution in [3.63, 3.8) is 0 Å². The fraction of sp³-hybridized carbons (Fsp3) is 0.750. The summed E-state index contributed by atoms with van der Waals surface area (Å²) in [5.41, 5.74) is 0. The van der Waals surface area contributed by atoms with Gasteiger partial charge < -0.3 is 0 Å². The zero-order valence-electron chi connectivity index (χ0n) is 14.8. The molecule has 1 heterocycles. The minimum Gasteiger partial charge on any atom is -0.236 e. The molecule has 0 amide bonds. The van der Waals surface area contributed by atoms with Crippen LogP contribution >= 0.6 is 0 Å². The Bertz CT molecular complexity index is 368. The predicted octanol–water partition coefficient (Wildman–Crippen LogP) is 5.97. The Hall–Kier alpha value is -1.05. The van der Waals surface area contributed by atoms with E-state index in [4.69, 9.17) is 0 Å². The highest BCUT2D eigenvalue weighted by Gasteiger charge is 2.00. The van der Waals surface area contributed by atoms with Gasteiger partial charge in [0.2, 0.25) is 6.33 Å². The molecule has 0 saturated carbocycles. The molecule has 0 atom stereocenters. The largest absolute Gasteiger partial charge is 0.248 e. The highest BCUT2D eigenvalue weighted by atomic mass is 15.1. The lowest BCUT2D eigenvalue weighted by Gasteiger charge is -2.02. The summed E-state index contributed by atoms with van der Waals surface area (Å²) in [5.74, 6) is 0. The van der Waals surface area contributed by atoms with E-state index >= 15 is 0 Å². The lowest BCUT2D eigenvalue weighted by molar-refractivity contribution is -0.696. The van der Waals surface area contributed by atoms with Gasteiger partial charge in [0.15, 0.2) is 0 Å². The average molecular weight is 306 g/mol. The van der Waals surface area contributed by atoms with Gasteiger partial charge in [0.1, 0.15) is 12.4 Å². The van der Waals surface area contributed by atoms with Crippen molar-refractivity contribution < 1.29 is 4.57 Å². The molecule has 126 valence electrons. The Kier molecular flexibility index (Phi) is 11.7. The van der Waals surface area contributed by atoms with E-state index in [2.05, 4.69) is 36.8 Å². The molecule has 1 aromatic heterocycles. The molecule has 22 heavy (non-hydrogen) atoms. The molecule has 0 fully saturated rings. The SMILES string of the molecule is C=Cn1cc[n+](CCCCCCCCCCCCCCC)c1. The average Bonchev–Trinajstić information content (AvgIpc) is 3.00. The van der Waals surface area contributed by atoms with Crippen molar-refractivity contribution in [2.75, 3.05) is 0 Å². The molecule has 0 aliphatic rings. The maximum absolute atomic E-state index is 3.76. The van der Waals surface area contributed by atoms with E-state index in [-0.39, 0.29) is 0 Å². The summed E-state index contributed by atoms with van der Waals surface area (Å²) in [7, 11) is 0. The third-order valence-corrected chi connectivity index (χ3v) is 4.44. The van der Waals surface area contributed by atoms with Crippen LogP contribution in [-0.4, -0.2) is 4.57 Å². The second kappa shape index (κ2) is 13.6. The van der Waals surface area contributed by atoms with Crippen molar-refractivity contribution in [2.24, 2.45) is 0 Å². The standard InChI is InChI=1S/C20H37N2/c1-3-5-6-7-8-9-10-11-12-13-14-15-16-17-22-19-18-21(4-2)20-22/h4,18-20H,2-3,5-17H2,1H3/q+1. The van der Waals surface area contributed by atoms with Gasteiger partial charge in [0.25, 0.3) is 0 Å². The summed E-state index contributed by atoms with van der Waals surface area (Å²) >= 11 is 0. The summed E-state index contributed by atoms with van der Waals surface area (Å²) in [4.78, 5) is 0. The Labute approximate surface area is 138 Å². The maximum atomic E-state index is 3.76. The lowest BCUT2D eigenvalue weighted by Crippen LogP contribution is -2.30. The first-order chi connectivity index (χ1) is 10.9. The molecule has 1 rings (SSSR count). The van der Waals surface area contributed by atoms with Crippen molar-refractivity contribution in [3.05, 3.63) is 25.3 Å². The van der Waals surface area contributed by atoms with Crippen LogP contribution in [-0.2, 0) is 6.54 Å². The molecule has 0 saturated heterocycles. The fourth-order valence-electron chi connectivity index (χ4n) is 2.96. The van der Waals surface area contributed by atoms with Gasteiger partial charge in [-0.3, -0.25) is 0 Å². The molecule has 0 N–H and O–H groups in total. The Morgan fingerprint density at radius 1 is 0.818 bits per heavy atom. The van der Waals surface area contributed by atoms with Gasteiger partial charge in [-0.15, -0.1) is 0 Å². The normalized spacial score (nSPS) is 11.0. The number of rotatable bonds is 15. The van der Waals surface area contributed by atoms with Gasteiger partial charge in [-0.1, -0.05) is 84.1 Å². The van der Waals surface area contributed by atoms with Crippen LogP contribution in [0.1, 0.15) is 90.4 Å². The maximum Gasteiger partial charge on any atom is 0.248 e. The van der Waals surface area contributed by atoms with Gasteiger partial charge in [0.05, 0.1) is 12.7 Å². The Balaban J connectivity index is 1.79. The molecule has 1 aromatic rings. The summed E-state index contributed by atoms with van der Waals surface area (Å²) < 4.78 is 4.25. The topological polar surface area (TPSA) is 8.81 Å². The number of hydrogen-bond donors (Lipinski definition) is 0. The van der Waals surface area contributed by atoms with Crippen LogP contribution in [0.5, 0.6) is 0 Å². The fourth-order valence-corrected chi connectivity index (χ4v) is 2.96. The minimum absolute atomic E-state index is 1.14. The van der Waals surface area contributed by atoms with E-state index < -0.39 is 0 Å². The summed E-state index contributed by atoms with van der Waals surface area (Å²) in [5, 5.41) is 0. The zero-order valence-corrected chi connectivity index (χ0v) is 14.8. The smallest absolute Gasteiger partial charge is 0.236 e. The second-order valence-corrected chi connectivity index (χ2v) is 6.52. The van der Waals surface area contributed by atoms with Crippen molar-refractivity contribution in [1.82, 2.24) is 4.57 Å². The molecular weight excluding hydrogens is 268 g/mol. The molecule has 0 aliphatic heterocycles. The van der Waals surface area contributed by atoms with E-state index in [1.54, 1.807) is 0 Å². The highest BCUT2D eigenvalue weighted by molar-refractivity contribution is 5.12. The summed E-state index contributed by atoms with van der Waals surface area (Å²) in [6, 6.07) is 0. The van der Waals surface area contributed by atoms with Gasteiger partial charge in [-0.05, 0) is 12.8 Å². The summed E-state index contributed by atoms with van der Waals surface area (Å²) in [6.07, 6.45) is 26.6. The highest BCUT2D eigenvalue weighted by Crippen LogP contribution is 2.12. The van der Waals surface area contributed by atoms with E-state index in [0.717, 1.165) is 6.54 Å². The Morgan fingerprint density at radius 2 is 1.32 bits per heavy atom. The van der Waals surface area contributed by atoms with E-state index in [1.165, 1.54) is 83.5 Å². The van der Waals surface area contributed by atoms with Crippen LogP contribution in [0, 0.1) is 0 Å². The third-order valence-electron chi connectivity index (χ3n) is 4.44. The molecule has 0 spiro atoms. The van der Waals surface area contributed by atoms with Crippen molar-refractivity contribution in [2.45, 2.75) is 96.9 Å². The van der Waals surface area contributed by atoms with Crippen molar-refractivity contribution in [1.29, 1.82) is 0 Å². The second-order valence-electron chi connectivity index (χ2n) is 6.52. The summed E-state index contributed by atoms with van der Waals surface area (Å²) in [6.45, 7) is 7.19. The first kappa shape index (κ1) is 19.0. The molecule has 2 nitrogen and oxygen atoms in total. The first-order valence-electron chi connectivity index (χ1n) is 9.56. The minimum atomic E-state index is 1.14. The van der Waals surface area contributed by atoms with Crippen LogP contribution in [0.2, 0.25) is 0 Å². The van der Waals surface area contributed by atoms with Crippen LogP contribution < -0.4 is 4.57 Å². The van der Waals surface area contributed by atoms with Gasteiger partial charge in [0, 0.05) is 0 Å². The number of imidazole rings is 1. The quantitative estimate of drug-likeness (QED) is 0.279. The molecule has 0 aromatic carbocycles. The molecule has 2 heteroatoms. The van der Waals surface area contributed by atoms with Crippen LogP contribution in [0.4, 0.5) is 0 Å². The monoisotopic (exact) mass is 305 g/mol. The first-order valence-corrected chi connectivity index (χ1v) is 9.56. The number of aromatic nitrogens is 2. The molecule has 0 radical (unpaired) electrons.